The largest absolute Gasteiger partial charge is 0.367 e. The zero-order valence-electron chi connectivity index (χ0n) is 13.0. The zero-order valence-corrected chi connectivity index (χ0v) is 13.0. The molecular formula is C16H14N2O7. The molecule has 0 unspecified atom stereocenters. The van der Waals surface area contributed by atoms with Crippen LogP contribution in [-0.4, -0.2) is 41.0 Å². The lowest BCUT2D eigenvalue weighted by Gasteiger charge is -2.25. The van der Waals surface area contributed by atoms with Gasteiger partial charge < -0.3 is 18.7 Å². The fourth-order valence-corrected chi connectivity index (χ4v) is 2.84. The van der Waals surface area contributed by atoms with Crippen LogP contribution < -0.4 is 0 Å². The summed E-state index contributed by atoms with van der Waals surface area (Å²) in [5, 5.41) is 14.6. The van der Waals surface area contributed by atoms with Gasteiger partial charge in [0.15, 0.2) is 11.5 Å². The highest BCUT2D eigenvalue weighted by Crippen LogP contribution is 2.28. The number of nitrogens with zero attached hydrogens (tertiary/aromatic N) is 2. The van der Waals surface area contributed by atoms with E-state index in [0.717, 1.165) is 0 Å². The van der Waals surface area contributed by atoms with Crippen LogP contribution in [-0.2, 0) is 25.6 Å². The minimum absolute atomic E-state index is 0.00912. The standard InChI is InChI=1S/C16H14N2O7/c19-13-6-14(15-8-23-16(13)24-15)22-7-11-5-12(17-25-11)9-1-3-10(4-2-9)18(20)21/h1-5,14-16H,6-8H2/t14-,15+,16+/m0/s1. The lowest BCUT2D eigenvalue weighted by Crippen LogP contribution is -2.40. The van der Waals surface area contributed by atoms with Gasteiger partial charge in [0, 0.05) is 30.2 Å². The van der Waals surface area contributed by atoms with Crippen molar-refractivity contribution in [2.45, 2.75) is 31.5 Å². The lowest BCUT2D eigenvalue weighted by atomic mass is 10.1. The van der Waals surface area contributed by atoms with Gasteiger partial charge in [0.1, 0.15) is 18.4 Å². The highest BCUT2D eigenvalue weighted by molar-refractivity contribution is 5.83. The van der Waals surface area contributed by atoms with E-state index < -0.39 is 11.2 Å². The molecular weight excluding hydrogens is 332 g/mol. The van der Waals surface area contributed by atoms with Crippen molar-refractivity contribution in [3.63, 3.8) is 0 Å². The summed E-state index contributed by atoms with van der Waals surface area (Å²) in [5.41, 5.74) is 1.26. The Bertz CT molecular complexity index is 801. The van der Waals surface area contributed by atoms with Crippen molar-refractivity contribution < 1.29 is 28.5 Å². The number of rotatable bonds is 5. The van der Waals surface area contributed by atoms with Gasteiger partial charge in [-0.3, -0.25) is 14.9 Å². The summed E-state index contributed by atoms with van der Waals surface area (Å²) in [7, 11) is 0. The fraction of sp³-hybridized carbons (Fsp3) is 0.375. The Balaban J connectivity index is 1.40. The van der Waals surface area contributed by atoms with Crippen molar-refractivity contribution in [2.75, 3.05) is 6.61 Å². The highest BCUT2D eigenvalue weighted by atomic mass is 16.7. The molecule has 2 saturated heterocycles. The van der Waals surface area contributed by atoms with Gasteiger partial charge >= 0.3 is 0 Å². The van der Waals surface area contributed by atoms with Crippen LogP contribution in [0.2, 0.25) is 0 Å². The van der Waals surface area contributed by atoms with Crippen molar-refractivity contribution >= 4 is 11.5 Å². The normalized spacial score (nSPS) is 25.3. The van der Waals surface area contributed by atoms with Crippen LogP contribution >= 0.6 is 0 Å². The Kier molecular flexibility index (Phi) is 4.04. The molecule has 1 aromatic heterocycles. The van der Waals surface area contributed by atoms with Crippen LogP contribution in [0.1, 0.15) is 12.2 Å². The number of nitro groups is 1. The topological polar surface area (TPSA) is 114 Å². The minimum Gasteiger partial charge on any atom is -0.367 e. The number of hydrogen-bond donors (Lipinski definition) is 0. The number of ether oxygens (including phenoxy) is 3. The number of nitro benzene ring substituents is 1. The third-order valence-corrected chi connectivity index (χ3v) is 4.16. The van der Waals surface area contributed by atoms with E-state index in [1.807, 2.05) is 0 Å². The van der Waals surface area contributed by atoms with E-state index in [1.54, 1.807) is 18.2 Å². The molecule has 3 atom stereocenters. The van der Waals surface area contributed by atoms with Crippen LogP contribution in [0.3, 0.4) is 0 Å². The maximum atomic E-state index is 11.7. The maximum absolute atomic E-state index is 11.7. The van der Waals surface area contributed by atoms with Crippen LogP contribution in [0.15, 0.2) is 34.9 Å². The quantitative estimate of drug-likeness (QED) is 0.595. The predicted molar refractivity (Wildman–Crippen MR) is 81.4 cm³/mol. The molecule has 0 N–H and O–H groups in total. The number of benzene rings is 1. The van der Waals surface area contributed by atoms with Crippen molar-refractivity contribution in [3.8, 4) is 11.3 Å². The second-order valence-electron chi connectivity index (χ2n) is 5.84. The SMILES string of the molecule is O=C1C[C@H](OCc2cc(-c3ccc([N+](=O)[O-])cc3)no2)[C@H]2CO[C@@H]1O2. The van der Waals surface area contributed by atoms with Crippen LogP contribution in [0, 0.1) is 10.1 Å². The number of non-ortho nitro benzene ring substituents is 1. The average molecular weight is 346 g/mol. The molecule has 0 radical (unpaired) electrons. The van der Waals surface area contributed by atoms with E-state index in [1.165, 1.54) is 12.1 Å². The molecule has 130 valence electrons. The molecule has 3 heterocycles. The van der Waals surface area contributed by atoms with Gasteiger partial charge in [-0.1, -0.05) is 5.16 Å². The second kappa shape index (κ2) is 6.36. The average Bonchev–Trinajstić information content (AvgIpc) is 3.25. The van der Waals surface area contributed by atoms with Gasteiger partial charge in [-0.15, -0.1) is 0 Å². The van der Waals surface area contributed by atoms with Gasteiger partial charge in [0.25, 0.3) is 5.69 Å². The van der Waals surface area contributed by atoms with E-state index in [0.29, 0.717) is 23.6 Å². The first-order chi connectivity index (χ1) is 12.1. The van der Waals surface area contributed by atoms with Crippen LogP contribution in [0.5, 0.6) is 0 Å². The minimum atomic E-state index is -0.746. The number of carbonyl (C=O) groups excluding carboxylic acids is 1. The van der Waals surface area contributed by atoms with Crippen molar-refractivity contribution in [3.05, 3.63) is 46.2 Å². The molecule has 0 amide bonds. The summed E-state index contributed by atoms with van der Waals surface area (Å²) in [5.74, 6) is 0.365. The van der Waals surface area contributed by atoms with Crippen LogP contribution in [0.4, 0.5) is 5.69 Å². The predicted octanol–water partition coefficient (Wildman–Crippen LogP) is 1.85. The molecule has 2 fully saturated rings. The number of aromatic nitrogens is 1. The number of Topliss-reactive ketones (excluding diaryl/α,β-unsaturated/α-hetero) is 1. The van der Waals surface area contributed by atoms with Gasteiger partial charge in [-0.25, -0.2) is 0 Å². The van der Waals surface area contributed by atoms with E-state index in [-0.39, 0.29) is 36.7 Å². The molecule has 2 aliphatic rings. The number of fused-ring (bicyclic) bond motifs is 2. The van der Waals surface area contributed by atoms with Crippen molar-refractivity contribution in [1.29, 1.82) is 0 Å². The summed E-state index contributed by atoms with van der Waals surface area (Å²) < 4.78 is 21.6. The van der Waals surface area contributed by atoms with E-state index in [4.69, 9.17) is 18.7 Å². The Morgan fingerprint density at radius 1 is 1.32 bits per heavy atom. The van der Waals surface area contributed by atoms with Crippen LogP contribution in [0.25, 0.3) is 11.3 Å². The molecule has 0 spiro atoms. The fourth-order valence-electron chi connectivity index (χ4n) is 2.84. The smallest absolute Gasteiger partial charge is 0.269 e. The van der Waals surface area contributed by atoms with Crippen molar-refractivity contribution in [2.24, 2.45) is 0 Å². The third-order valence-electron chi connectivity index (χ3n) is 4.16. The summed E-state index contributed by atoms with van der Waals surface area (Å²) in [6.07, 6.45) is -1.12. The molecule has 2 aromatic rings. The molecule has 9 heteroatoms. The lowest BCUT2D eigenvalue weighted by molar-refractivity contribution is -0.384. The zero-order chi connectivity index (χ0) is 17.4. The molecule has 2 bridgehead atoms. The van der Waals surface area contributed by atoms with Gasteiger partial charge in [-0.05, 0) is 12.1 Å². The Morgan fingerprint density at radius 3 is 2.88 bits per heavy atom. The Hall–Kier alpha value is -2.62. The summed E-state index contributed by atoms with van der Waals surface area (Å²) in [6.45, 7) is 0.480. The molecule has 0 aliphatic carbocycles. The number of carbonyl (C=O) groups is 1. The Morgan fingerprint density at radius 2 is 2.12 bits per heavy atom. The monoisotopic (exact) mass is 346 g/mol. The third kappa shape index (κ3) is 3.16. The first-order valence-electron chi connectivity index (χ1n) is 7.72. The summed E-state index contributed by atoms with van der Waals surface area (Å²) in [4.78, 5) is 21.9. The summed E-state index contributed by atoms with van der Waals surface area (Å²) >= 11 is 0. The highest BCUT2D eigenvalue weighted by Gasteiger charge is 2.43. The molecule has 2 aliphatic heterocycles. The second-order valence-corrected chi connectivity index (χ2v) is 5.84. The first kappa shape index (κ1) is 15.9. The molecule has 25 heavy (non-hydrogen) atoms. The van der Waals surface area contributed by atoms with Gasteiger partial charge in [-0.2, -0.15) is 0 Å². The first-order valence-corrected chi connectivity index (χ1v) is 7.72. The summed E-state index contributed by atoms with van der Waals surface area (Å²) in [6, 6.07) is 7.71. The Labute approximate surface area is 141 Å². The number of hydrogen-bond acceptors (Lipinski definition) is 8. The van der Waals surface area contributed by atoms with E-state index in [9.17, 15) is 14.9 Å². The van der Waals surface area contributed by atoms with Gasteiger partial charge in [0.2, 0.25) is 6.29 Å². The molecule has 0 saturated carbocycles. The van der Waals surface area contributed by atoms with Gasteiger partial charge in [0.05, 0.1) is 17.6 Å². The number of ketones is 1. The molecule has 1 aromatic carbocycles. The molecule has 4 rings (SSSR count). The maximum Gasteiger partial charge on any atom is 0.269 e. The van der Waals surface area contributed by atoms with Crippen molar-refractivity contribution in [1.82, 2.24) is 5.16 Å². The molecule has 9 nitrogen and oxygen atoms in total. The van der Waals surface area contributed by atoms with E-state index >= 15 is 0 Å². The van der Waals surface area contributed by atoms with E-state index in [2.05, 4.69) is 5.16 Å².